The lowest BCUT2D eigenvalue weighted by molar-refractivity contribution is 0.818. The molecular formula is C15H17ClN2O2. The number of aryl methyl sites for hydroxylation is 1. The molecule has 1 N–H and O–H groups in total. The smallest absolute Gasteiger partial charge is 0.297 e. The van der Waals surface area contributed by atoms with E-state index < -0.39 is 5.69 Å². The summed E-state index contributed by atoms with van der Waals surface area (Å²) >= 11 is 5.93. The van der Waals surface area contributed by atoms with E-state index in [0.29, 0.717) is 17.7 Å². The minimum Gasteiger partial charge on any atom is -0.297 e. The first-order chi connectivity index (χ1) is 9.60. The summed E-state index contributed by atoms with van der Waals surface area (Å²) in [6.07, 6.45) is 2.23. The van der Waals surface area contributed by atoms with Crippen molar-refractivity contribution in [3.63, 3.8) is 0 Å². The van der Waals surface area contributed by atoms with Crippen LogP contribution in [-0.2, 0) is 12.8 Å². The SMILES string of the molecule is CCCc1ccccc1-n1c(=O)[nH]c(Cl)c(CC)c1=O. The number of nitrogens with one attached hydrogen (secondary N) is 1. The molecule has 0 radical (unpaired) electrons. The molecule has 0 aliphatic heterocycles. The number of hydrogen-bond acceptors (Lipinski definition) is 2. The third-order valence-electron chi connectivity index (χ3n) is 3.25. The minimum absolute atomic E-state index is 0.131. The Morgan fingerprint density at radius 3 is 2.55 bits per heavy atom. The van der Waals surface area contributed by atoms with Gasteiger partial charge in [0.2, 0.25) is 0 Å². The average molecular weight is 293 g/mol. The predicted octanol–water partition coefficient (Wildman–Crippen LogP) is 2.69. The van der Waals surface area contributed by atoms with Crippen molar-refractivity contribution in [2.75, 3.05) is 0 Å². The first-order valence-corrected chi connectivity index (χ1v) is 7.09. The Bertz CT molecular complexity index is 731. The third kappa shape index (κ3) is 2.56. The van der Waals surface area contributed by atoms with Gasteiger partial charge in [-0.25, -0.2) is 9.36 Å². The fourth-order valence-electron chi connectivity index (χ4n) is 2.28. The first kappa shape index (κ1) is 14.6. The van der Waals surface area contributed by atoms with Crippen LogP contribution in [0.5, 0.6) is 0 Å². The van der Waals surface area contributed by atoms with Crippen LogP contribution in [0.15, 0.2) is 33.9 Å². The zero-order valence-corrected chi connectivity index (χ0v) is 12.3. The van der Waals surface area contributed by atoms with Gasteiger partial charge in [0, 0.05) is 0 Å². The lowest BCUT2D eigenvalue weighted by atomic mass is 10.1. The number of rotatable bonds is 4. The Morgan fingerprint density at radius 1 is 1.20 bits per heavy atom. The second-order valence-electron chi connectivity index (χ2n) is 4.60. The summed E-state index contributed by atoms with van der Waals surface area (Å²) in [5.41, 5.74) is 1.20. The molecule has 0 aliphatic carbocycles. The summed E-state index contributed by atoms with van der Waals surface area (Å²) in [5, 5.41) is 0.131. The van der Waals surface area contributed by atoms with Crippen molar-refractivity contribution in [1.29, 1.82) is 0 Å². The highest BCUT2D eigenvalue weighted by molar-refractivity contribution is 6.30. The molecule has 0 fully saturated rings. The first-order valence-electron chi connectivity index (χ1n) is 6.72. The van der Waals surface area contributed by atoms with Crippen LogP contribution in [0, 0.1) is 0 Å². The molecule has 0 aliphatic rings. The van der Waals surface area contributed by atoms with Crippen molar-refractivity contribution in [2.24, 2.45) is 0 Å². The molecule has 1 heterocycles. The van der Waals surface area contributed by atoms with E-state index in [0.717, 1.165) is 18.4 Å². The maximum atomic E-state index is 12.5. The van der Waals surface area contributed by atoms with Gasteiger partial charge in [-0.2, -0.15) is 0 Å². The van der Waals surface area contributed by atoms with Gasteiger partial charge in [0.05, 0.1) is 11.3 Å². The second kappa shape index (κ2) is 6.09. The van der Waals surface area contributed by atoms with E-state index in [1.807, 2.05) is 25.1 Å². The summed E-state index contributed by atoms with van der Waals surface area (Å²) in [6.45, 7) is 3.90. The molecule has 0 saturated heterocycles. The lowest BCUT2D eigenvalue weighted by Gasteiger charge is -2.12. The van der Waals surface area contributed by atoms with E-state index in [1.54, 1.807) is 6.07 Å². The van der Waals surface area contributed by atoms with Gasteiger partial charge in [0.1, 0.15) is 5.15 Å². The largest absolute Gasteiger partial charge is 0.334 e. The zero-order chi connectivity index (χ0) is 14.7. The normalized spacial score (nSPS) is 10.8. The second-order valence-corrected chi connectivity index (χ2v) is 4.97. The van der Waals surface area contributed by atoms with E-state index in [1.165, 1.54) is 4.57 Å². The molecule has 0 atom stereocenters. The number of nitrogens with zero attached hydrogens (tertiary/aromatic N) is 1. The summed E-state index contributed by atoms with van der Waals surface area (Å²) in [5.74, 6) is 0. The Hall–Kier alpha value is -1.81. The molecule has 4 nitrogen and oxygen atoms in total. The van der Waals surface area contributed by atoms with Gasteiger partial charge >= 0.3 is 5.69 Å². The van der Waals surface area contributed by atoms with E-state index in [9.17, 15) is 9.59 Å². The van der Waals surface area contributed by atoms with Gasteiger partial charge in [-0.05, 0) is 24.5 Å². The van der Waals surface area contributed by atoms with Gasteiger partial charge in [0.25, 0.3) is 5.56 Å². The summed E-state index contributed by atoms with van der Waals surface area (Å²) in [6, 6.07) is 7.45. The van der Waals surface area contributed by atoms with Gasteiger partial charge < -0.3 is 0 Å². The van der Waals surface area contributed by atoms with Crippen molar-refractivity contribution in [3.05, 3.63) is 61.4 Å². The number of H-pyrrole nitrogens is 1. The zero-order valence-electron chi connectivity index (χ0n) is 11.6. The molecule has 20 heavy (non-hydrogen) atoms. The van der Waals surface area contributed by atoms with Crippen molar-refractivity contribution in [1.82, 2.24) is 9.55 Å². The maximum absolute atomic E-state index is 12.5. The topological polar surface area (TPSA) is 54.9 Å². The Kier molecular flexibility index (Phi) is 4.45. The standard InChI is InChI=1S/C15H17ClN2O2/c1-3-7-10-8-5-6-9-12(10)18-14(19)11(4-2)13(16)17-15(18)20/h5-6,8-9H,3-4,7H2,1-2H3,(H,17,20). The molecule has 1 aromatic carbocycles. The van der Waals surface area contributed by atoms with Crippen molar-refractivity contribution >= 4 is 11.6 Å². The molecule has 0 unspecified atom stereocenters. The highest BCUT2D eigenvalue weighted by Gasteiger charge is 2.14. The molecule has 0 saturated carbocycles. The highest BCUT2D eigenvalue weighted by Crippen LogP contribution is 2.14. The molecule has 5 heteroatoms. The summed E-state index contributed by atoms with van der Waals surface area (Å²) in [7, 11) is 0. The number of aromatic nitrogens is 2. The predicted molar refractivity (Wildman–Crippen MR) is 81.0 cm³/mol. The molecule has 0 bridgehead atoms. The Labute approximate surface area is 122 Å². The van der Waals surface area contributed by atoms with Gasteiger partial charge in [-0.3, -0.25) is 9.78 Å². The Balaban J connectivity index is 2.77. The van der Waals surface area contributed by atoms with E-state index in [2.05, 4.69) is 11.9 Å². The van der Waals surface area contributed by atoms with Crippen molar-refractivity contribution in [3.8, 4) is 5.69 Å². The van der Waals surface area contributed by atoms with Gasteiger partial charge in [-0.1, -0.05) is 50.1 Å². The molecule has 2 rings (SSSR count). The Morgan fingerprint density at radius 2 is 1.90 bits per heavy atom. The molecule has 1 aromatic heterocycles. The van der Waals surface area contributed by atoms with Crippen LogP contribution in [-0.4, -0.2) is 9.55 Å². The van der Waals surface area contributed by atoms with E-state index >= 15 is 0 Å². The molecular weight excluding hydrogens is 276 g/mol. The highest BCUT2D eigenvalue weighted by atomic mass is 35.5. The van der Waals surface area contributed by atoms with Crippen LogP contribution in [0.3, 0.4) is 0 Å². The molecule has 2 aromatic rings. The molecule has 0 spiro atoms. The van der Waals surface area contributed by atoms with E-state index in [4.69, 9.17) is 11.6 Å². The van der Waals surface area contributed by atoms with Crippen molar-refractivity contribution < 1.29 is 0 Å². The maximum Gasteiger partial charge on any atom is 0.334 e. The number of hydrogen-bond donors (Lipinski definition) is 1. The average Bonchev–Trinajstić information content (AvgIpc) is 2.41. The number of halogens is 1. The summed E-state index contributed by atoms with van der Waals surface area (Å²) < 4.78 is 1.18. The summed E-state index contributed by atoms with van der Waals surface area (Å²) in [4.78, 5) is 27.1. The van der Waals surface area contributed by atoms with Crippen LogP contribution in [0.4, 0.5) is 0 Å². The van der Waals surface area contributed by atoms with Crippen LogP contribution in [0.25, 0.3) is 5.69 Å². The molecule has 106 valence electrons. The fourth-order valence-corrected chi connectivity index (χ4v) is 2.58. The third-order valence-corrected chi connectivity index (χ3v) is 3.57. The minimum atomic E-state index is -0.499. The molecule has 0 amide bonds. The monoisotopic (exact) mass is 292 g/mol. The number of para-hydroxylation sites is 1. The van der Waals surface area contributed by atoms with Crippen LogP contribution in [0.2, 0.25) is 5.15 Å². The van der Waals surface area contributed by atoms with Crippen molar-refractivity contribution in [2.45, 2.75) is 33.1 Å². The number of benzene rings is 1. The van der Waals surface area contributed by atoms with Gasteiger partial charge in [0.15, 0.2) is 0 Å². The number of aromatic amines is 1. The van der Waals surface area contributed by atoms with E-state index in [-0.39, 0.29) is 10.7 Å². The lowest BCUT2D eigenvalue weighted by Crippen LogP contribution is -2.36. The fraction of sp³-hybridized carbons (Fsp3) is 0.333. The van der Waals surface area contributed by atoms with Crippen LogP contribution in [0.1, 0.15) is 31.4 Å². The van der Waals surface area contributed by atoms with Crippen LogP contribution < -0.4 is 11.2 Å². The van der Waals surface area contributed by atoms with Gasteiger partial charge in [-0.15, -0.1) is 0 Å². The van der Waals surface area contributed by atoms with Crippen LogP contribution >= 0.6 is 11.6 Å². The quantitative estimate of drug-likeness (QED) is 0.881.